The maximum atomic E-state index is 14.1. The Bertz CT molecular complexity index is 1270. The van der Waals surface area contributed by atoms with E-state index in [1.165, 1.54) is 16.4 Å². The number of ether oxygens (including phenoxy) is 2. The number of aliphatic hydroxyl groups is 1. The van der Waals surface area contributed by atoms with Crippen LogP contribution in [0.25, 0.3) is 0 Å². The zero-order chi connectivity index (χ0) is 27.3. The van der Waals surface area contributed by atoms with E-state index in [2.05, 4.69) is 23.8 Å². The Hall–Kier alpha value is -2.48. The molecule has 0 saturated carbocycles. The van der Waals surface area contributed by atoms with Crippen molar-refractivity contribution in [1.82, 2.24) is 9.21 Å². The first kappa shape index (κ1) is 28.5. The van der Waals surface area contributed by atoms with E-state index in [-0.39, 0.29) is 41.4 Å². The second kappa shape index (κ2) is 12.6. The van der Waals surface area contributed by atoms with E-state index in [0.29, 0.717) is 18.0 Å². The molecule has 2 aliphatic rings. The van der Waals surface area contributed by atoms with E-state index in [1.54, 1.807) is 37.3 Å². The fourth-order valence-electron chi connectivity index (χ4n) is 4.97. The van der Waals surface area contributed by atoms with Gasteiger partial charge in [-0.3, -0.25) is 0 Å². The van der Waals surface area contributed by atoms with Crippen LogP contribution >= 0.6 is 0 Å². The number of hydrogen-bond donors (Lipinski definition) is 1. The van der Waals surface area contributed by atoms with E-state index in [0.717, 1.165) is 32.6 Å². The summed E-state index contributed by atoms with van der Waals surface area (Å²) >= 11 is 0. The van der Waals surface area contributed by atoms with E-state index in [4.69, 9.17) is 9.47 Å². The zero-order valence-electron chi connectivity index (χ0n) is 22.3. The highest BCUT2D eigenvalue weighted by atomic mass is 32.2. The number of halogens is 1. The SMILES string of the molecule is C[C@@H]1CN([C@@H](C)CO)S(=O)(=O)c2ccc(C#Cc3ccccc3F)cc2O[C@H]1CN(C)CC1CCOCC1. The highest BCUT2D eigenvalue weighted by molar-refractivity contribution is 7.89. The average Bonchev–Trinajstić information content (AvgIpc) is 2.90. The molecule has 3 atom stereocenters. The van der Waals surface area contributed by atoms with Crippen molar-refractivity contribution in [1.29, 1.82) is 0 Å². The van der Waals surface area contributed by atoms with Crippen LogP contribution in [0.1, 0.15) is 37.8 Å². The average molecular weight is 545 g/mol. The number of likely N-dealkylation sites (N-methyl/N-ethyl adjacent to an activating group) is 1. The summed E-state index contributed by atoms with van der Waals surface area (Å²) in [5.41, 5.74) is 0.781. The second-order valence-corrected chi connectivity index (χ2v) is 12.3. The number of hydrogen-bond acceptors (Lipinski definition) is 6. The van der Waals surface area contributed by atoms with Crippen molar-refractivity contribution < 1.29 is 27.4 Å². The molecule has 0 bridgehead atoms. The summed E-state index contributed by atoms with van der Waals surface area (Å²) in [5.74, 6) is 5.98. The molecule has 7 nitrogen and oxygen atoms in total. The molecule has 0 radical (unpaired) electrons. The molecule has 0 spiro atoms. The predicted molar refractivity (Wildman–Crippen MR) is 144 cm³/mol. The van der Waals surface area contributed by atoms with E-state index < -0.39 is 21.9 Å². The normalized spacial score (nSPS) is 22.9. The number of sulfonamides is 1. The lowest BCUT2D eigenvalue weighted by Crippen LogP contribution is -2.50. The molecule has 38 heavy (non-hydrogen) atoms. The van der Waals surface area contributed by atoms with Gasteiger partial charge in [0.1, 0.15) is 22.6 Å². The fourth-order valence-corrected chi connectivity index (χ4v) is 6.80. The minimum Gasteiger partial charge on any atom is -0.487 e. The standard InChI is InChI=1S/C29H37FN2O5S/c1-21-17-32(22(2)20-33)38(34,35)29-11-9-23(8-10-25-6-4-5-7-26(25)30)16-27(29)37-28(21)19-31(3)18-24-12-14-36-15-13-24/h4-7,9,11,16,21-22,24,28,33H,12-15,17-20H2,1-3H3/t21-,22+,28+/m1/s1. The largest absolute Gasteiger partial charge is 0.487 e. The van der Waals surface area contributed by atoms with Crippen LogP contribution in [0.5, 0.6) is 5.75 Å². The molecule has 0 unspecified atom stereocenters. The van der Waals surface area contributed by atoms with Gasteiger partial charge in [-0.25, -0.2) is 12.8 Å². The Morgan fingerprint density at radius 1 is 1.16 bits per heavy atom. The lowest BCUT2D eigenvalue weighted by molar-refractivity contribution is 0.0402. The summed E-state index contributed by atoms with van der Waals surface area (Å²) in [7, 11) is -1.88. The van der Waals surface area contributed by atoms with Gasteiger partial charge in [0.15, 0.2) is 0 Å². The lowest BCUT2D eigenvalue weighted by Gasteiger charge is -2.38. The van der Waals surface area contributed by atoms with Crippen LogP contribution in [-0.2, 0) is 14.8 Å². The van der Waals surface area contributed by atoms with Gasteiger partial charge in [0.05, 0.1) is 12.2 Å². The third-order valence-electron chi connectivity index (χ3n) is 7.28. The molecule has 2 aromatic rings. The molecule has 1 saturated heterocycles. The van der Waals surface area contributed by atoms with E-state index in [9.17, 15) is 17.9 Å². The van der Waals surface area contributed by atoms with Crippen molar-refractivity contribution in [2.45, 2.75) is 43.7 Å². The lowest BCUT2D eigenvalue weighted by atomic mass is 9.98. The summed E-state index contributed by atoms with van der Waals surface area (Å²) in [6.45, 7) is 6.71. The van der Waals surface area contributed by atoms with Gasteiger partial charge in [-0.1, -0.05) is 30.9 Å². The summed E-state index contributed by atoms with van der Waals surface area (Å²) in [4.78, 5) is 2.28. The van der Waals surface area contributed by atoms with Crippen LogP contribution in [0.2, 0.25) is 0 Å². The highest BCUT2D eigenvalue weighted by Gasteiger charge is 2.38. The van der Waals surface area contributed by atoms with Crippen molar-refractivity contribution in [3.63, 3.8) is 0 Å². The third-order valence-corrected chi connectivity index (χ3v) is 9.30. The number of nitrogens with zero attached hydrogens (tertiary/aromatic N) is 2. The monoisotopic (exact) mass is 544 g/mol. The van der Waals surface area contributed by atoms with Crippen molar-refractivity contribution in [2.75, 3.05) is 46.5 Å². The first-order valence-corrected chi connectivity index (χ1v) is 14.6. The first-order valence-electron chi connectivity index (χ1n) is 13.1. The summed E-state index contributed by atoms with van der Waals surface area (Å²) in [5, 5.41) is 9.85. The van der Waals surface area contributed by atoms with E-state index in [1.807, 2.05) is 6.92 Å². The van der Waals surface area contributed by atoms with Crippen LogP contribution in [0.15, 0.2) is 47.4 Å². The molecular formula is C29H37FN2O5S. The Morgan fingerprint density at radius 3 is 2.61 bits per heavy atom. The van der Waals surface area contributed by atoms with Gasteiger partial charge in [0, 0.05) is 50.4 Å². The van der Waals surface area contributed by atoms with Gasteiger partial charge < -0.3 is 19.5 Å². The Labute approximate surface area is 225 Å². The van der Waals surface area contributed by atoms with Gasteiger partial charge >= 0.3 is 0 Å². The Balaban J connectivity index is 1.67. The van der Waals surface area contributed by atoms with Gasteiger partial charge in [-0.2, -0.15) is 4.31 Å². The smallest absolute Gasteiger partial charge is 0.247 e. The Morgan fingerprint density at radius 2 is 1.89 bits per heavy atom. The van der Waals surface area contributed by atoms with Gasteiger partial charge in [-0.15, -0.1) is 0 Å². The van der Waals surface area contributed by atoms with Crippen molar-refractivity contribution >= 4 is 10.0 Å². The molecular weight excluding hydrogens is 507 g/mol. The Kier molecular flexibility index (Phi) is 9.45. The van der Waals surface area contributed by atoms with Crippen molar-refractivity contribution in [2.24, 2.45) is 11.8 Å². The van der Waals surface area contributed by atoms with Gasteiger partial charge in [0.2, 0.25) is 10.0 Å². The maximum Gasteiger partial charge on any atom is 0.247 e. The summed E-state index contributed by atoms with van der Waals surface area (Å²) in [6, 6.07) is 10.4. The number of benzene rings is 2. The third kappa shape index (κ3) is 6.74. The number of fused-ring (bicyclic) bond motifs is 1. The first-order chi connectivity index (χ1) is 18.2. The second-order valence-electron chi connectivity index (χ2n) is 10.4. The molecule has 2 aromatic carbocycles. The van der Waals surface area contributed by atoms with Gasteiger partial charge in [0.25, 0.3) is 0 Å². The number of rotatable bonds is 6. The van der Waals surface area contributed by atoms with Crippen LogP contribution in [0.4, 0.5) is 4.39 Å². The molecule has 0 amide bonds. The van der Waals surface area contributed by atoms with Crippen molar-refractivity contribution in [3.8, 4) is 17.6 Å². The van der Waals surface area contributed by atoms with Crippen LogP contribution in [0, 0.1) is 29.5 Å². The van der Waals surface area contributed by atoms with E-state index >= 15 is 0 Å². The summed E-state index contributed by atoms with van der Waals surface area (Å²) in [6.07, 6.45) is 1.76. The van der Waals surface area contributed by atoms with Crippen LogP contribution in [-0.4, -0.2) is 81.4 Å². The number of aliphatic hydroxyl groups excluding tert-OH is 1. The molecule has 2 aliphatic heterocycles. The van der Waals surface area contributed by atoms with Crippen molar-refractivity contribution in [3.05, 3.63) is 59.4 Å². The zero-order valence-corrected chi connectivity index (χ0v) is 23.1. The molecule has 1 N–H and O–H groups in total. The van der Waals surface area contributed by atoms with Crippen LogP contribution in [0.3, 0.4) is 0 Å². The minimum absolute atomic E-state index is 0.0400. The topological polar surface area (TPSA) is 79.3 Å². The summed E-state index contributed by atoms with van der Waals surface area (Å²) < 4.78 is 54.7. The maximum absolute atomic E-state index is 14.1. The molecule has 0 aromatic heterocycles. The predicted octanol–water partition coefficient (Wildman–Crippen LogP) is 3.35. The van der Waals surface area contributed by atoms with Crippen LogP contribution < -0.4 is 4.74 Å². The highest BCUT2D eigenvalue weighted by Crippen LogP contribution is 2.34. The fraction of sp³-hybridized carbons (Fsp3) is 0.517. The minimum atomic E-state index is -3.94. The molecule has 1 fully saturated rings. The molecule has 4 rings (SSSR count). The molecule has 206 valence electrons. The molecule has 9 heteroatoms. The quantitative estimate of drug-likeness (QED) is 0.562. The molecule has 2 heterocycles. The van der Waals surface area contributed by atoms with Gasteiger partial charge in [-0.05, 0) is 63.1 Å². The molecule has 0 aliphatic carbocycles.